The number of para-hydroxylation sites is 1. The summed E-state index contributed by atoms with van der Waals surface area (Å²) >= 11 is 13.1. The molecule has 1 N–H and O–H groups in total. The first-order valence-corrected chi connectivity index (χ1v) is 7.65. The molecule has 0 aliphatic carbocycles. The Morgan fingerprint density at radius 2 is 1.86 bits per heavy atom. The van der Waals surface area contributed by atoms with E-state index < -0.39 is 0 Å². The average Bonchev–Trinajstić information content (AvgIpc) is 2.86. The lowest BCUT2D eigenvalue weighted by Gasteiger charge is -2.03. The van der Waals surface area contributed by atoms with Gasteiger partial charge in [-0.1, -0.05) is 35.3 Å². The number of halogens is 2. The highest BCUT2D eigenvalue weighted by Crippen LogP contribution is 2.21. The predicted octanol–water partition coefficient (Wildman–Crippen LogP) is 3.93. The molecule has 0 atom stereocenters. The minimum Gasteiger partial charge on any atom is -0.346 e. The summed E-state index contributed by atoms with van der Waals surface area (Å²) < 4.78 is 1.09. The van der Waals surface area contributed by atoms with Crippen molar-refractivity contribution in [1.29, 1.82) is 0 Å². The van der Waals surface area contributed by atoms with Gasteiger partial charge in [0.1, 0.15) is 15.3 Å². The SMILES string of the molecule is O=C(NCc1nc2ccccc2s1)c1cc(Cl)nc(Cl)c1. The lowest BCUT2D eigenvalue weighted by molar-refractivity contribution is 0.0951. The first-order valence-electron chi connectivity index (χ1n) is 6.07. The number of thiazole rings is 1. The summed E-state index contributed by atoms with van der Waals surface area (Å²) in [5.74, 6) is -0.263. The Bertz CT molecular complexity index is 766. The quantitative estimate of drug-likeness (QED) is 0.736. The molecule has 0 fully saturated rings. The lowest BCUT2D eigenvalue weighted by Crippen LogP contribution is -2.22. The second-order valence-electron chi connectivity index (χ2n) is 4.26. The second kappa shape index (κ2) is 5.97. The van der Waals surface area contributed by atoms with Crippen molar-refractivity contribution in [2.75, 3.05) is 0 Å². The molecule has 0 spiro atoms. The van der Waals surface area contributed by atoms with Crippen molar-refractivity contribution in [3.05, 3.63) is 57.3 Å². The third-order valence-corrected chi connectivity index (χ3v) is 4.19. The molecule has 3 aromatic rings. The Morgan fingerprint density at radius 3 is 2.57 bits per heavy atom. The zero-order valence-electron chi connectivity index (χ0n) is 10.6. The molecule has 2 heterocycles. The summed E-state index contributed by atoms with van der Waals surface area (Å²) in [5, 5.41) is 4.01. The van der Waals surface area contributed by atoms with E-state index in [1.807, 2.05) is 24.3 Å². The zero-order chi connectivity index (χ0) is 14.8. The van der Waals surface area contributed by atoms with Crippen LogP contribution in [-0.4, -0.2) is 15.9 Å². The largest absolute Gasteiger partial charge is 0.346 e. The number of fused-ring (bicyclic) bond motifs is 1. The van der Waals surface area contributed by atoms with Crippen molar-refractivity contribution in [2.45, 2.75) is 6.54 Å². The van der Waals surface area contributed by atoms with Crippen LogP contribution in [0, 0.1) is 0 Å². The van der Waals surface area contributed by atoms with E-state index in [9.17, 15) is 4.79 Å². The van der Waals surface area contributed by atoms with Crippen molar-refractivity contribution in [1.82, 2.24) is 15.3 Å². The summed E-state index contributed by atoms with van der Waals surface area (Å²) in [6.45, 7) is 0.357. The van der Waals surface area contributed by atoms with Crippen LogP contribution in [0.1, 0.15) is 15.4 Å². The van der Waals surface area contributed by atoms with Gasteiger partial charge < -0.3 is 5.32 Å². The zero-order valence-corrected chi connectivity index (χ0v) is 13.0. The Hall–Kier alpha value is -1.69. The maximum Gasteiger partial charge on any atom is 0.251 e. The maximum absolute atomic E-state index is 12.1. The molecule has 1 aromatic carbocycles. The number of nitrogens with zero attached hydrogens (tertiary/aromatic N) is 2. The molecule has 0 saturated heterocycles. The average molecular weight is 338 g/mol. The fraction of sp³-hybridized carbons (Fsp3) is 0.0714. The van der Waals surface area contributed by atoms with E-state index in [1.165, 1.54) is 12.1 Å². The molecule has 4 nitrogen and oxygen atoms in total. The van der Waals surface area contributed by atoms with E-state index in [4.69, 9.17) is 23.2 Å². The number of rotatable bonds is 3. The van der Waals surface area contributed by atoms with Gasteiger partial charge in [0.25, 0.3) is 5.91 Å². The van der Waals surface area contributed by atoms with Gasteiger partial charge >= 0.3 is 0 Å². The Labute approximate surface area is 134 Å². The van der Waals surface area contributed by atoms with E-state index in [0.29, 0.717) is 12.1 Å². The number of hydrogen-bond donors (Lipinski definition) is 1. The highest BCUT2D eigenvalue weighted by molar-refractivity contribution is 7.18. The molecule has 0 aliphatic rings. The molecular weight excluding hydrogens is 329 g/mol. The molecule has 1 amide bonds. The standard InChI is InChI=1S/C14H9Cl2N3OS/c15-11-5-8(6-12(16)19-11)14(20)17-7-13-18-9-3-1-2-4-10(9)21-13/h1-6H,7H2,(H,17,20). The molecular formula is C14H9Cl2N3OS. The van der Waals surface area contributed by atoms with Gasteiger partial charge in [-0.15, -0.1) is 11.3 Å². The monoisotopic (exact) mass is 337 g/mol. The molecule has 3 rings (SSSR count). The van der Waals surface area contributed by atoms with Gasteiger partial charge in [-0.3, -0.25) is 4.79 Å². The Balaban J connectivity index is 1.73. The van der Waals surface area contributed by atoms with Gasteiger partial charge in [-0.2, -0.15) is 0 Å². The predicted molar refractivity (Wildman–Crippen MR) is 85.0 cm³/mol. The molecule has 2 aromatic heterocycles. The van der Waals surface area contributed by atoms with Gasteiger partial charge in [0.15, 0.2) is 0 Å². The van der Waals surface area contributed by atoms with Crippen LogP contribution in [-0.2, 0) is 6.54 Å². The summed E-state index contributed by atoms with van der Waals surface area (Å²) in [6, 6.07) is 10.8. The van der Waals surface area contributed by atoms with Crippen LogP contribution in [0.25, 0.3) is 10.2 Å². The number of carbonyl (C=O) groups is 1. The molecule has 0 aliphatic heterocycles. The topological polar surface area (TPSA) is 54.9 Å². The minimum absolute atomic E-state index is 0.188. The molecule has 106 valence electrons. The molecule has 7 heteroatoms. The van der Waals surface area contributed by atoms with Crippen LogP contribution in [0.15, 0.2) is 36.4 Å². The Morgan fingerprint density at radius 1 is 1.14 bits per heavy atom. The lowest BCUT2D eigenvalue weighted by atomic mass is 10.2. The number of pyridine rings is 1. The van der Waals surface area contributed by atoms with Crippen LogP contribution >= 0.6 is 34.5 Å². The highest BCUT2D eigenvalue weighted by Gasteiger charge is 2.10. The van der Waals surface area contributed by atoms with E-state index in [-0.39, 0.29) is 16.2 Å². The minimum atomic E-state index is -0.263. The summed E-state index contributed by atoms with van der Waals surface area (Å²) in [6.07, 6.45) is 0. The van der Waals surface area contributed by atoms with E-state index >= 15 is 0 Å². The smallest absolute Gasteiger partial charge is 0.251 e. The van der Waals surface area contributed by atoms with Gasteiger partial charge in [0.2, 0.25) is 0 Å². The maximum atomic E-state index is 12.1. The van der Waals surface area contributed by atoms with Crippen molar-refractivity contribution < 1.29 is 4.79 Å². The van der Waals surface area contributed by atoms with Crippen molar-refractivity contribution >= 4 is 50.7 Å². The summed E-state index contributed by atoms with van der Waals surface area (Å²) in [4.78, 5) is 20.3. The van der Waals surface area contributed by atoms with Gasteiger partial charge in [-0.05, 0) is 24.3 Å². The number of aromatic nitrogens is 2. The molecule has 0 unspecified atom stereocenters. The number of benzene rings is 1. The van der Waals surface area contributed by atoms with Crippen molar-refractivity contribution in [3.8, 4) is 0 Å². The van der Waals surface area contributed by atoms with Crippen LogP contribution in [0.2, 0.25) is 10.3 Å². The third kappa shape index (κ3) is 3.32. The summed E-state index contributed by atoms with van der Waals surface area (Å²) in [7, 11) is 0. The number of carbonyl (C=O) groups excluding carboxylic acids is 1. The van der Waals surface area contributed by atoms with Crippen LogP contribution in [0.4, 0.5) is 0 Å². The van der Waals surface area contributed by atoms with Crippen LogP contribution in [0.5, 0.6) is 0 Å². The molecule has 0 radical (unpaired) electrons. The molecule has 0 bridgehead atoms. The highest BCUT2D eigenvalue weighted by atomic mass is 35.5. The van der Waals surface area contributed by atoms with E-state index in [2.05, 4.69) is 15.3 Å². The van der Waals surface area contributed by atoms with Crippen molar-refractivity contribution in [2.24, 2.45) is 0 Å². The first kappa shape index (κ1) is 14.3. The fourth-order valence-corrected chi connectivity index (χ4v) is 3.22. The van der Waals surface area contributed by atoms with Crippen LogP contribution < -0.4 is 5.32 Å². The number of amides is 1. The van der Waals surface area contributed by atoms with Gasteiger partial charge in [-0.25, -0.2) is 9.97 Å². The van der Waals surface area contributed by atoms with Crippen LogP contribution in [0.3, 0.4) is 0 Å². The molecule has 0 saturated carbocycles. The molecule has 21 heavy (non-hydrogen) atoms. The number of hydrogen-bond acceptors (Lipinski definition) is 4. The van der Waals surface area contributed by atoms with Gasteiger partial charge in [0.05, 0.1) is 16.8 Å². The van der Waals surface area contributed by atoms with Gasteiger partial charge in [0, 0.05) is 5.56 Å². The van der Waals surface area contributed by atoms with E-state index in [1.54, 1.807) is 11.3 Å². The number of nitrogens with one attached hydrogen (secondary N) is 1. The normalized spacial score (nSPS) is 10.8. The summed E-state index contributed by atoms with van der Waals surface area (Å²) in [5.41, 5.74) is 1.31. The third-order valence-electron chi connectivity index (χ3n) is 2.76. The second-order valence-corrected chi connectivity index (χ2v) is 6.15. The van der Waals surface area contributed by atoms with E-state index in [0.717, 1.165) is 15.2 Å². The van der Waals surface area contributed by atoms with Crippen molar-refractivity contribution in [3.63, 3.8) is 0 Å². The first-order chi connectivity index (χ1) is 10.1. The Kier molecular flexibility index (Phi) is 4.05. The fourth-order valence-electron chi connectivity index (χ4n) is 1.85.